The van der Waals surface area contributed by atoms with Crippen LogP contribution < -0.4 is 0 Å². The Morgan fingerprint density at radius 2 is 1.71 bits per heavy atom. The van der Waals surface area contributed by atoms with Crippen molar-refractivity contribution in [2.75, 3.05) is 0 Å². The van der Waals surface area contributed by atoms with Gasteiger partial charge in [-0.2, -0.15) is 0 Å². The molecule has 0 radical (unpaired) electrons. The van der Waals surface area contributed by atoms with E-state index in [-0.39, 0.29) is 0 Å². The zero-order chi connectivity index (χ0) is 16.2. The number of allylic oxidation sites excluding steroid dienone is 10. The van der Waals surface area contributed by atoms with Gasteiger partial charge in [-0.05, 0) is 30.4 Å². The maximum Gasteiger partial charge on any atom is 0.138 e. The third-order valence-corrected chi connectivity index (χ3v) is 4.38. The van der Waals surface area contributed by atoms with Crippen LogP contribution in [0.4, 0.5) is 0 Å². The van der Waals surface area contributed by atoms with Gasteiger partial charge in [-0.1, -0.05) is 78.9 Å². The molecular weight excluding hydrogens is 292 g/mol. The first-order valence-electron chi connectivity index (χ1n) is 8.46. The SMILES string of the molecule is C1=CC=C(c2nc(-c3ccccc3)[nH]c2C2=CC=CCC2)CC=C1. The summed E-state index contributed by atoms with van der Waals surface area (Å²) >= 11 is 0. The number of H-pyrrole nitrogens is 1. The van der Waals surface area contributed by atoms with Crippen LogP contribution in [0.5, 0.6) is 0 Å². The highest BCUT2D eigenvalue weighted by Crippen LogP contribution is 2.33. The van der Waals surface area contributed by atoms with E-state index in [9.17, 15) is 0 Å². The minimum atomic E-state index is 0.905. The molecule has 0 atom stereocenters. The first-order valence-corrected chi connectivity index (χ1v) is 8.46. The number of aromatic amines is 1. The number of hydrogen-bond acceptors (Lipinski definition) is 1. The quantitative estimate of drug-likeness (QED) is 0.772. The molecule has 2 heteroatoms. The maximum atomic E-state index is 4.96. The van der Waals surface area contributed by atoms with Crippen LogP contribution in [-0.2, 0) is 0 Å². The zero-order valence-electron chi connectivity index (χ0n) is 13.6. The van der Waals surface area contributed by atoms with Crippen LogP contribution in [0.25, 0.3) is 22.5 Å². The van der Waals surface area contributed by atoms with E-state index in [0.717, 1.165) is 42.0 Å². The third kappa shape index (κ3) is 2.95. The second kappa shape index (κ2) is 6.71. The van der Waals surface area contributed by atoms with E-state index in [4.69, 9.17) is 4.98 Å². The van der Waals surface area contributed by atoms with Gasteiger partial charge in [0.15, 0.2) is 0 Å². The number of aromatic nitrogens is 2. The van der Waals surface area contributed by atoms with Gasteiger partial charge in [0.05, 0.1) is 11.4 Å². The predicted molar refractivity (Wildman–Crippen MR) is 101 cm³/mol. The molecule has 4 rings (SSSR count). The average molecular weight is 312 g/mol. The number of rotatable bonds is 3. The van der Waals surface area contributed by atoms with Gasteiger partial charge < -0.3 is 4.98 Å². The zero-order valence-corrected chi connectivity index (χ0v) is 13.6. The number of hydrogen-bond donors (Lipinski definition) is 1. The lowest BCUT2D eigenvalue weighted by molar-refractivity contribution is 1.04. The Balaban J connectivity index is 1.84. The average Bonchev–Trinajstić information content (AvgIpc) is 2.92. The Kier molecular flexibility index (Phi) is 4.11. The van der Waals surface area contributed by atoms with Gasteiger partial charge in [-0.25, -0.2) is 4.98 Å². The number of nitrogens with one attached hydrogen (secondary N) is 1. The molecule has 0 fully saturated rings. The summed E-state index contributed by atoms with van der Waals surface area (Å²) in [5.74, 6) is 0.939. The fourth-order valence-corrected chi connectivity index (χ4v) is 3.13. The molecule has 2 aliphatic rings. The molecule has 1 N–H and O–H groups in total. The van der Waals surface area contributed by atoms with Gasteiger partial charge in [0.25, 0.3) is 0 Å². The molecule has 2 nitrogen and oxygen atoms in total. The van der Waals surface area contributed by atoms with Crippen LogP contribution in [0.1, 0.15) is 30.7 Å². The lowest BCUT2D eigenvalue weighted by atomic mass is 9.97. The highest BCUT2D eigenvalue weighted by atomic mass is 14.9. The van der Waals surface area contributed by atoms with E-state index >= 15 is 0 Å². The smallest absolute Gasteiger partial charge is 0.138 e. The van der Waals surface area contributed by atoms with Gasteiger partial charge in [-0.15, -0.1) is 0 Å². The minimum Gasteiger partial charge on any atom is -0.338 e. The number of benzene rings is 1. The molecule has 2 aromatic rings. The molecule has 0 spiro atoms. The van der Waals surface area contributed by atoms with Crippen molar-refractivity contribution in [2.45, 2.75) is 19.3 Å². The highest BCUT2D eigenvalue weighted by molar-refractivity contribution is 5.80. The molecule has 0 bridgehead atoms. The normalized spacial score (nSPS) is 16.7. The van der Waals surface area contributed by atoms with Gasteiger partial charge in [0.1, 0.15) is 5.82 Å². The summed E-state index contributed by atoms with van der Waals surface area (Å²) in [6, 6.07) is 10.3. The number of imidazole rings is 1. The molecule has 2 aliphatic carbocycles. The lowest BCUT2D eigenvalue weighted by Crippen LogP contribution is -1.94. The van der Waals surface area contributed by atoms with E-state index in [1.165, 1.54) is 11.1 Å². The number of nitrogens with zero attached hydrogens (tertiary/aromatic N) is 1. The fraction of sp³-hybridized carbons (Fsp3) is 0.136. The summed E-state index contributed by atoms with van der Waals surface area (Å²) in [6.45, 7) is 0. The van der Waals surface area contributed by atoms with Gasteiger partial charge in [0, 0.05) is 5.56 Å². The van der Waals surface area contributed by atoms with Crippen molar-refractivity contribution in [1.82, 2.24) is 9.97 Å². The van der Waals surface area contributed by atoms with E-state index in [1.54, 1.807) is 0 Å². The van der Waals surface area contributed by atoms with Crippen molar-refractivity contribution in [2.24, 2.45) is 0 Å². The van der Waals surface area contributed by atoms with Crippen molar-refractivity contribution < 1.29 is 0 Å². The van der Waals surface area contributed by atoms with Crippen LogP contribution in [0.15, 0.2) is 78.9 Å². The summed E-state index contributed by atoms with van der Waals surface area (Å²) in [5, 5.41) is 0. The maximum absolute atomic E-state index is 4.96. The van der Waals surface area contributed by atoms with E-state index in [0.29, 0.717) is 0 Å². The minimum absolute atomic E-state index is 0.905. The molecule has 1 aromatic carbocycles. The molecule has 1 heterocycles. The predicted octanol–water partition coefficient (Wildman–Crippen LogP) is 5.71. The van der Waals surface area contributed by atoms with Crippen LogP contribution in [-0.4, -0.2) is 9.97 Å². The van der Waals surface area contributed by atoms with Crippen molar-refractivity contribution in [3.63, 3.8) is 0 Å². The standard InChI is InChI=1S/C22H20N2/c1-2-6-12-17(11-5-1)20-21(18-13-7-3-8-14-18)24-22(23-20)19-15-9-4-10-16-19/h1-7,9-11,13,15-16H,8,12,14H2,(H,23,24). The molecule has 0 saturated carbocycles. The largest absolute Gasteiger partial charge is 0.338 e. The second-order valence-electron chi connectivity index (χ2n) is 6.04. The van der Waals surface area contributed by atoms with Crippen LogP contribution in [0.2, 0.25) is 0 Å². The Morgan fingerprint density at radius 3 is 2.54 bits per heavy atom. The molecule has 0 aliphatic heterocycles. The first kappa shape index (κ1) is 14.7. The Bertz CT molecular complexity index is 874. The van der Waals surface area contributed by atoms with E-state index in [1.807, 2.05) is 6.07 Å². The lowest BCUT2D eigenvalue weighted by Gasteiger charge is -2.10. The summed E-state index contributed by atoms with van der Waals surface area (Å²) in [6.07, 6.45) is 20.2. The van der Waals surface area contributed by atoms with Crippen molar-refractivity contribution >= 4 is 11.1 Å². The molecule has 118 valence electrons. The molecule has 0 saturated heterocycles. The fourth-order valence-electron chi connectivity index (χ4n) is 3.13. The second-order valence-corrected chi connectivity index (χ2v) is 6.04. The summed E-state index contributed by atoms with van der Waals surface area (Å²) < 4.78 is 0. The van der Waals surface area contributed by atoms with Gasteiger partial charge in [0.2, 0.25) is 0 Å². The Labute approximate surface area is 142 Å². The van der Waals surface area contributed by atoms with E-state index in [2.05, 4.69) is 77.9 Å². The monoisotopic (exact) mass is 312 g/mol. The van der Waals surface area contributed by atoms with Crippen LogP contribution in [0, 0.1) is 0 Å². The summed E-state index contributed by atoms with van der Waals surface area (Å²) in [4.78, 5) is 8.55. The molecule has 1 aromatic heterocycles. The summed E-state index contributed by atoms with van der Waals surface area (Å²) in [7, 11) is 0. The Morgan fingerprint density at radius 1 is 0.833 bits per heavy atom. The van der Waals surface area contributed by atoms with Crippen molar-refractivity contribution in [3.8, 4) is 11.4 Å². The first-order chi connectivity index (χ1) is 11.9. The van der Waals surface area contributed by atoms with Crippen LogP contribution >= 0.6 is 0 Å². The molecular formula is C22H20N2. The molecule has 0 amide bonds. The topological polar surface area (TPSA) is 28.7 Å². The van der Waals surface area contributed by atoms with Crippen LogP contribution in [0.3, 0.4) is 0 Å². The Hall–Kier alpha value is -2.87. The van der Waals surface area contributed by atoms with E-state index < -0.39 is 0 Å². The highest BCUT2D eigenvalue weighted by Gasteiger charge is 2.18. The van der Waals surface area contributed by atoms with Gasteiger partial charge >= 0.3 is 0 Å². The molecule has 0 unspecified atom stereocenters. The summed E-state index contributed by atoms with van der Waals surface area (Å²) in [5.41, 5.74) is 5.95. The third-order valence-electron chi connectivity index (χ3n) is 4.38. The molecule has 24 heavy (non-hydrogen) atoms. The van der Waals surface area contributed by atoms with Crippen molar-refractivity contribution in [1.29, 1.82) is 0 Å². The van der Waals surface area contributed by atoms with Crippen molar-refractivity contribution in [3.05, 3.63) is 90.3 Å². The van der Waals surface area contributed by atoms with Gasteiger partial charge in [-0.3, -0.25) is 0 Å².